The molecule has 148 valence electrons. The Morgan fingerprint density at radius 1 is 1.41 bits per heavy atom. The van der Waals surface area contributed by atoms with Gasteiger partial charge in [-0.1, -0.05) is 6.07 Å². The van der Waals surface area contributed by atoms with Gasteiger partial charge < -0.3 is 15.4 Å². The Balaban J connectivity index is 2.03. The minimum atomic E-state index is -0.715. The van der Waals surface area contributed by atoms with Crippen molar-refractivity contribution in [1.29, 1.82) is 0 Å². The Hall–Kier alpha value is -2.13. The van der Waals surface area contributed by atoms with Crippen LogP contribution in [0.15, 0.2) is 24.3 Å². The van der Waals surface area contributed by atoms with Gasteiger partial charge in [0.15, 0.2) is 0 Å². The second-order valence-electron chi connectivity index (χ2n) is 6.46. The lowest BCUT2D eigenvalue weighted by molar-refractivity contribution is -0.384. The summed E-state index contributed by atoms with van der Waals surface area (Å²) in [5, 5.41) is 16.5. The van der Waals surface area contributed by atoms with Crippen LogP contribution >= 0.6 is 11.8 Å². The second-order valence-corrected chi connectivity index (χ2v) is 7.45. The van der Waals surface area contributed by atoms with Crippen LogP contribution in [-0.4, -0.2) is 53.5 Å². The van der Waals surface area contributed by atoms with E-state index in [0.717, 1.165) is 12.8 Å². The monoisotopic (exact) mass is 395 g/mol. The number of hydrogen-bond donors (Lipinski definition) is 2. The Bertz CT molecular complexity index is 679. The standard InChI is InChI=1S/C18H25N3O5S/c1-12(16-7-4-9-26-16)19-18(23)15(8-10-27-2)20-17(22)13-5-3-6-14(11-13)21(24)25/h3,5-6,11-12,15-16H,4,7-10H2,1-2H3,(H,19,23)(H,20,22). The Kier molecular flexibility index (Phi) is 8.05. The minimum absolute atomic E-state index is 0.0115. The number of carbonyl (C=O) groups excluding carboxylic acids is 2. The predicted molar refractivity (Wildman–Crippen MR) is 104 cm³/mol. The fourth-order valence-electron chi connectivity index (χ4n) is 2.92. The quantitative estimate of drug-likeness (QED) is 0.489. The molecule has 0 bridgehead atoms. The molecule has 1 fully saturated rings. The molecule has 3 unspecified atom stereocenters. The van der Waals surface area contributed by atoms with E-state index >= 15 is 0 Å². The molecule has 0 aliphatic carbocycles. The number of carbonyl (C=O) groups is 2. The van der Waals surface area contributed by atoms with Crippen molar-refractivity contribution in [3.05, 3.63) is 39.9 Å². The molecule has 1 aromatic rings. The number of nitrogens with one attached hydrogen (secondary N) is 2. The number of ether oxygens (including phenoxy) is 1. The van der Waals surface area contributed by atoms with Gasteiger partial charge in [0, 0.05) is 24.3 Å². The van der Waals surface area contributed by atoms with Gasteiger partial charge in [0.05, 0.1) is 17.1 Å². The number of thioether (sulfide) groups is 1. The van der Waals surface area contributed by atoms with Crippen LogP contribution in [0.25, 0.3) is 0 Å². The van der Waals surface area contributed by atoms with Crippen LogP contribution in [0.5, 0.6) is 0 Å². The number of amides is 2. The molecular weight excluding hydrogens is 370 g/mol. The highest BCUT2D eigenvalue weighted by Gasteiger charge is 2.27. The summed E-state index contributed by atoms with van der Waals surface area (Å²) in [6.07, 6.45) is 4.25. The number of non-ortho nitro benzene ring substituents is 1. The first-order chi connectivity index (χ1) is 12.9. The molecule has 0 radical (unpaired) electrons. The summed E-state index contributed by atoms with van der Waals surface area (Å²) >= 11 is 1.58. The van der Waals surface area contributed by atoms with Gasteiger partial charge in [0.2, 0.25) is 5.91 Å². The fourth-order valence-corrected chi connectivity index (χ4v) is 3.39. The van der Waals surface area contributed by atoms with E-state index in [-0.39, 0.29) is 29.3 Å². The summed E-state index contributed by atoms with van der Waals surface area (Å²) in [5.41, 5.74) is -0.0157. The van der Waals surface area contributed by atoms with Crippen molar-refractivity contribution in [3.63, 3.8) is 0 Å². The zero-order valence-corrected chi connectivity index (χ0v) is 16.3. The van der Waals surface area contributed by atoms with Crippen molar-refractivity contribution in [3.8, 4) is 0 Å². The summed E-state index contributed by atoms with van der Waals surface area (Å²) in [5.74, 6) is -0.0858. The molecule has 1 aromatic carbocycles. The molecule has 0 saturated carbocycles. The van der Waals surface area contributed by atoms with Crippen LogP contribution in [-0.2, 0) is 9.53 Å². The lowest BCUT2D eigenvalue weighted by Crippen LogP contribution is -2.51. The molecule has 1 saturated heterocycles. The highest BCUT2D eigenvalue weighted by molar-refractivity contribution is 7.98. The van der Waals surface area contributed by atoms with Crippen LogP contribution in [0, 0.1) is 10.1 Å². The maximum Gasteiger partial charge on any atom is 0.270 e. The van der Waals surface area contributed by atoms with Gasteiger partial charge in [0.25, 0.3) is 11.6 Å². The smallest absolute Gasteiger partial charge is 0.270 e. The molecule has 2 amide bonds. The Morgan fingerprint density at radius 2 is 2.19 bits per heavy atom. The molecule has 0 aromatic heterocycles. The van der Waals surface area contributed by atoms with Crippen LogP contribution in [0.3, 0.4) is 0 Å². The largest absolute Gasteiger partial charge is 0.376 e. The van der Waals surface area contributed by atoms with E-state index in [2.05, 4.69) is 10.6 Å². The molecule has 27 heavy (non-hydrogen) atoms. The van der Waals surface area contributed by atoms with E-state index in [4.69, 9.17) is 4.74 Å². The molecule has 1 aliphatic heterocycles. The van der Waals surface area contributed by atoms with Gasteiger partial charge in [-0.05, 0) is 44.3 Å². The fraction of sp³-hybridized carbons (Fsp3) is 0.556. The minimum Gasteiger partial charge on any atom is -0.376 e. The number of nitro groups is 1. The van der Waals surface area contributed by atoms with Crippen LogP contribution in [0.2, 0.25) is 0 Å². The highest BCUT2D eigenvalue weighted by atomic mass is 32.2. The van der Waals surface area contributed by atoms with Gasteiger partial charge in [-0.15, -0.1) is 0 Å². The highest BCUT2D eigenvalue weighted by Crippen LogP contribution is 2.16. The van der Waals surface area contributed by atoms with Crippen LogP contribution < -0.4 is 10.6 Å². The third-order valence-electron chi connectivity index (χ3n) is 4.44. The van der Waals surface area contributed by atoms with E-state index in [1.54, 1.807) is 11.8 Å². The number of hydrogen-bond acceptors (Lipinski definition) is 6. The van der Waals surface area contributed by atoms with Crippen molar-refractivity contribution >= 4 is 29.3 Å². The average Bonchev–Trinajstić information content (AvgIpc) is 3.19. The molecule has 2 N–H and O–H groups in total. The van der Waals surface area contributed by atoms with E-state index in [0.29, 0.717) is 18.8 Å². The molecule has 0 spiro atoms. The zero-order chi connectivity index (χ0) is 19.8. The summed E-state index contributed by atoms with van der Waals surface area (Å²) < 4.78 is 5.59. The normalized spacial score (nSPS) is 18.5. The Morgan fingerprint density at radius 3 is 2.81 bits per heavy atom. The topological polar surface area (TPSA) is 111 Å². The van der Waals surface area contributed by atoms with E-state index in [1.165, 1.54) is 24.3 Å². The predicted octanol–water partition coefficient (Wildman–Crippen LogP) is 2.13. The van der Waals surface area contributed by atoms with Crippen molar-refractivity contribution in [2.45, 2.75) is 44.4 Å². The summed E-state index contributed by atoms with van der Waals surface area (Å²) in [6, 6.07) is 4.59. The van der Waals surface area contributed by atoms with Crippen molar-refractivity contribution in [2.24, 2.45) is 0 Å². The lowest BCUT2D eigenvalue weighted by Gasteiger charge is -2.24. The zero-order valence-electron chi connectivity index (χ0n) is 15.5. The van der Waals surface area contributed by atoms with E-state index in [1.807, 2.05) is 13.2 Å². The van der Waals surface area contributed by atoms with Gasteiger partial charge >= 0.3 is 0 Å². The van der Waals surface area contributed by atoms with Crippen molar-refractivity contribution in [2.75, 3.05) is 18.6 Å². The third kappa shape index (κ3) is 6.21. The second kappa shape index (κ2) is 10.3. The molecule has 1 heterocycles. The average molecular weight is 395 g/mol. The molecule has 2 rings (SSSR count). The summed E-state index contributed by atoms with van der Waals surface area (Å²) in [7, 11) is 0. The summed E-state index contributed by atoms with van der Waals surface area (Å²) in [6.45, 7) is 2.59. The van der Waals surface area contributed by atoms with Gasteiger partial charge in [0.1, 0.15) is 6.04 Å². The van der Waals surface area contributed by atoms with Crippen molar-refractivity contribution < 1.29 is 19.2 Å². The molecule has 1 aliphatic rings. The first-order valence-corrected chi connectivity index (χ1v) is 10.3. The molecule has 9 heteroatoms. The maximum atomic E-state index is 12.7. The molecule has 8 nitrogen and oxygen atoms in total. The number of nitro benzene ring substituents is 1. The summed E-state index contributed by atoms with van der Waals surface area (Å²) in [4.78, 5) is 35.5. The lowest BCUT2D eigenvalue weighted by atomic mass is 10.1. The van der Waals surface area contributed by atoms with Gasteiger partial charge in [-0.25, -0.2) is 0 Å². The number of benzene rings is 1. The molecular formula is C18H25N3O5S. The SMILES string of the molecule is CSCCC(NC(=O)c1cccc([N+](=O)[O-])c1)C(=O)NC(C)C1CCCO1. The van der Waals surface area contributed by atoms with E-state index in [9.17, 15) is 19.7 Å². The van der Waals surface area contributed by atoms with E-state index < -0.39 is 16.9 Å². The number of nitrogens with zero attached hydrogens (tertiary/aromatic N) is 1. The first-order valence-electron chi connectivity index (χ1n) is 8.88. The first kappa shape index (κ1) is 21.2. The van der Waals surface area contributed by atoms with Crippen LogP contribution in [0.1, 0.15) is 36.5 Å². The third-order valence-corrected chi connectivity index (χ3v) is 5.09. The van der Waals surface area contributed by atoms with Gasteiger partial charge in [-0.2, -0.15) is 11.8 Å². The maximum absolute atomic E-state index is 12.7. The van der Waals surface area contributed by atoms with Crippen LogP contribution in [0.4, 0.5) is 5.69 Å². The molecule has 3 atom stereocenters. The Labute approximate surface area is 162 Å². The van der Waals surface area contributed by atoms with Gasteiger partial charge in [-0.3, -0.25) is 19.7 Å². The van der Waals surface area contributed by atoms with Crippen molar-refractivity contribution in [1.82, 2.24) is 10.6 Å². The number of rotatable bonds is 9.